The maximum Gasteiger partial charge on any atom is 0.275 e. The van der Waals surface area contributed by atoms with Crippen molar-refractivity contribution in [3.8, 4) is 11.9 Å². The second-order valence-corrected chi connectivity index (χ2v) is 6.29. The lowest BCUT2D eigenvalue weighted by Crippen LogP contribution is -2.22. The molecule has 3 rings (SSSR count). The Morgan fingerprint density at radius 2 is 1.86 bits per heavy atom. The zero-order valence-electron chi connectivity index (χ0n) is 11.3. The van der Waals surface area contributed by atoms with Crippen LogP contribution in [0.5, 0.6) is 5.88 Å². The van der Waals surface area contributed by atoms with Crippen molar-refractivity contribution in [3.63, 3.8) is 0 Å². The monoisotopic (exact) mass is 313 g/mol. The number of sulfonamides is 1. The van der Waals surface area contributed by atoms with Crippen LogP contribution in [-0.4, -0.2) is 18.2 Å². The smallest absolute Gasteiger partial charge is 0.275 e. The molecule has 1 aromatic heterocycles. The molecule has 0 aliphatic rings. The number of hydrogen-bond acceptors (Lipinski definition) is 4. The van der Waals surface area contributed by atoms with Crippen molar-refractivity contribution < 1.29 is 13.5 Å². The number of benzene rings is 2. The summed E-state index contributed by atoms with van der Waals surface area (Å²) < 4.78 is 25.9. The van der Waals surface area contributed by atoms with Crippen LogP contribution in [0.4, 0.5) is 0 Å². The highest BCUT2D eigenvalue weighted by Gasteiger charge is 2.18. The summed E-state index contributed by atoms with van der Waals surface area (Å²) in [5.41, 5.74) is 0.768. The lowest BCUT2D eigenvalue weighted by molar-refractivity contribution is 0.439. The summed E-state index contributed by atoms with van der Waals surface area (Å²) in [5, 5.41) is 19.5. The predicted octanol–water partition coefficient (Wildman–Crippen LogP) is 2.15. The number of nitrogens with one attached hydrogen (secondary N) is 1. The van der Waals surface area contributed by atoms with E-state index in [0.29, 0.717) is 10.9 Å². The van der Waals surface area contributed by atoms with Gasteiger partial charge in [0.15, 0.2) is 0 Å². The third-order valence-corrected chi connectivity index (χ3v) is 4.47. The number of hydrogen-bond donors (Lipinski definition) is 2. The van der Waals surface area contributed by atoms with Crippen LogP contribution in [0, 0.1) is 11.3 Å². The Morgan fingerprint density at radius 1 is 1.09 bits per heavy atom. The molecule has 22 heavy (non-hydrogen) atoms. The molecule has 110 valence electrons. The Kier molecular flexibility index (Phi) is 3.23. The molecule has 7 heteroatoms. The van der Waals surface area contributed by atoms with Crippen LogP contribution in [0.15, 0.2) is 59.5 Å². The molecule has 0 amide bonds. The summed E-state index contributed by atoms with van der Waals surface area (Å²) in [6, 6.07) is 16.0. The first-order valence-corrected chi connectivity index (χ1v) is 7.82. The average Bonchev–Trinajstić information content (AvgIpc) is 2.83. The normalized spacial score (nSPS) is 11.2. The van der Waals surface area contributed by atoms with Crippen molar-refractivity contribution >= 4 is 20.9 Å². The van der Waals surface area contributed by atoms with E-state index in [9.17, 15) is 13.5 Å². The molecule has 0 atom stereocenters. The van der Waals surface area contributed by atoms with Gasteiger partial charge in [-0.1, -0.05) is 24.3 Å². The fourth-order valence-electron chi connectivity index (χ4n) is 2.14. The van der Waals surface area contributed by atoms with Gasteiger partial charge in [0, 0.05) is 11.5 Å². The Morgan fingerprint density at radius 3 is 2.64 bits per heavy atom. The molecular weight excluding hydrogens is 302 g/mol. The molecule has 0 radical (unpaired) electrons. The van der Waals surface area contributed by atoms with Crippen molar-refractivity contribution in [2.24, 2.45) is 0 Å². The van der Waals surface area contributed by atoms with Crippen LogP contribution >= 0.6 is 0 Å². The maximum atomic E-state index is 12.4. The number of fused-ring (bicyclic) bond motifs is 1. The second kappa shape index (κ2) is 5.09. The van der Waals surface area contributed by atoms with Gasteiger partial charge >= 0.3 is 0 Å². The zero-order valence-corrected chi connectivity index (χ0v) is 12.1. The van der Waals surface area contributed by atoms with Gasteiger partial charge in [-0.3, -0.25) is 0 Å². The molecular formula is C15H11N3O3S. The zero-order chi connectivity index (χ0) is 15.7. The largest absolute Gasteiger partial charge is 0.493 e. The highest BCUT2D eigenvalue weighted by molar-refractivity contribution is 7.92. The first kappa shape index (κ1) is 14.0. The van der Waals surface area contributed by atoms with Gasteiger partial charge in [-0.25, -0.2) is 9.51 Å². The molecule has 0 aliphatic carbocycles. The number of nitriles is 1. The quantitative estimate of drug-likeness (QED) is 0.774. The molecule has 2 N–H and O–H groups in total. The van der Waals surface area contributed by atoms with E-state index in [1.807, 2.05) is 6.07 Å². The molecule has 2 aromatic carbocycles. The topological polar surface area (TPSA) is 95.1 Å². The molecule has 3 aromatic rings. The molecule has 0 saturated heterocycles. The number of para-hydroxylation sites is 1. The van der Waals surface area contributed by atoms with Crippen molar-refractivity contribution in [1.82, 2.24) is 4.68 Å². The van der Waals surface area contributed by atoms with Gasteiger partial charge in [0.2, 0.25) is 5.88 Å². The lowest BCUT2D eigenvalue weighted by Gasteiger charge is -2.11. The molecule has 0 unspecified atom stereocenters. The van der Waals surface area contributed by atoms with E-state index in [4.69, 9.17) is 5.26 Å². The highest BCUT2D eigenvalue weighted by Crippen LogP contribution is 2.24. The Labute approximate surface area is 126 Å². The summed E-state index contributed by atoms with van der Waals surface area (Å²) >= 11 is 0. The first-order valence-electron chi connectivity index (χ1n) is 6.34. The fourth-order valence-corrected chi connectivity index (χ4v) is 3.22. The maximum absolute atomic E-state index is 12.4. The van der Waals surface area contributed by atoms with E-state index < -0.39 is 10.0 Å². The van der Waals surface area contributed by atoms with Crippen LogP contribution < -0.4 is 4.83 Å². The Hall–Kier alpha value is -2.98. The van der Waals surface area contributed by atoms with Crippen molar-refractivity contribution in [1.29, 1.82) is 5.26 Å². The minimum absolute atomic E-state index is 0.0521. The van der Waals surface area contributed by atoms with Crippen molar-refractivity contribution in [2.75, 3.05) is 4.83 Å². The number of aromatic hydroxyl groups is 1. The van der Waals surface area contributed by atoms with Crippen LogP contribution in [0.2, 0.25) is 0 Å². The van der Waals surface area contributed by atoms with Crippen LogP contribution in [0.1, 0.15) is 5.56 Å². The first-order chi connectivity index (χ1) is 10.5. The summed E-state index contributed by atoms with van der Waals surface area (Å²) in [6.07, 6.45) is 0. The summed E-state index contributed by atoms with van der Waals surface area (Å²) in [6.45, 7) is 0. The molecule has 0 aliphatic heterocycles. The number of nitrogens with zero attached hydrogens (tertiary/aromatic N) is 2. The third kappa shape index (κ3) is 2.36. The van der Waals surface area contributed by atoms with Gasteiger partial charge in [0.25, 0.3) is 10.0 Å². The van der Waals surface area contributed by atoms with Gasteiger partial charge in [-0.05, 0) is 24.3 Å². The minimum atomic E-state index is -3.93. The molecule has 0 saturated carbocycles. The van der Waals surface area contributed by atoms with Crippen LogP contribution in [0.3, 0.4) is 0 Å². The SMILES string of the molecule is N#Cc1cccc(S(=O)(=O)Nn2c(O)cc3ccccc32)c1. The molecule has 0 spiro atoms. The molecule has 0 bridgehead atoms. The minimum Gasteiger partial charge on any atom is -0.493 e. The van der Waals surface area contributed by atoms with Gasteiger partial charge in [0.05, 0.1) is 22.0 Å². The van der Waals surface area contributed by atoms with Gasteiger partial charge in [-0.2, -0.15) is 13.7 Å². The van der Waals surface area contributed by atoms with Crippen molar-refractivity contribution in [3.05, 3.63) is 60.2 Å². The second-order valence-electron chi connectivity index (χ2n) is 4.63. The van der Waals surface area contributed by atoms with E-state index in [0.717, 1.165) is 4.68 Å². The van der Waals surface area contributed by atoms with Gasteiger partial charge in [0.1, 0.15) is 0 Å². The molecule has 0 fully saturated rings. The molecule has 6 nitrogen and oxygen atoms in total. The van der Waals surface area contributed by atoms with Crippen LogP contribution in [0.25, 0.3) is 10.9 Å². The summed E-state index contributed by atoms with van der Waals surface area (Å²) in [4.78, 5) is 2.25. The van der Waals surface area contributed by atoms with Crippen molar-refractivity contribution in [2.45, 2.75) is 4.90 Å². The van der Waals surface area contributed by atoms with E-state index >= 15 is 0 Å². The standard InChI is InChI=1S/C15H11N3O3S/c16-10-11-4-3-6-13(8-11)22(20,21)17-18-14-7-2-1-5-12(14)9-15(18)19/h1-9,17,19H. The lowest BCUT2D eigenvalue weighted by atomic mass is 10.2. The number of aromatic nitrogens is 1. The summed E-state index contributed by atoms with van der Waals surface area (Å²) in [5.74, 6) is -0.221. The predicted molar refractivity (Wildman–Crippen MR) is 81.3 cm³/mol. The van der Waals surface area contributed by atoms with E-state index in [-0.39, 0.29) is 16.3 Å². The highest BCUT2D eigenvalue weighted by atomic mass is 32.2. The van der Waals surface area contributed by atoms with E-state index in [1.165, 1.54) is 30.3 Å². The van der Waals surface area contributed by atoms with Gasteiger partial charge < -0.3 is 5.11 Å². The average molecular weight is 313 g/mol. The van der Waals surface area contributed by atoms with E-state index in [2.05, 4.69) is 4.83 Å². The summed E-state index contributed by atoms with van der Waals surface area (Å²) in [7, 11) is -3.93. The Bertz CT molecular complexity index is 1000. The van der Waals surface area contributed by atoms with E-state index in [1.54, 1.807) is 24.3 Å². The fraction of sp³-hybridized carbons (Fsp3) is 0. The Balaban J connectivity index is 2.07. The van der Waals surface area contributed by atoms with Gasteiger partial charge in [-0.15, -0.1) is 0 Å². The van der Waals surface area contributed by atoms with Crippen LogP contribution in [-0.2, 0) is 10.0 Å². The third-order valence-electron chi connectivity index (χ3n) is 3.18. The molecule has 1 heterocycles. The number of rotatable bonds is 3.